The number of aromatic nitrogens is 1. The molecule has 0 fully saturated rings. The molecule has 3 nitrogen and oxygen atoms in total. The van der Waals surface area contributed by atoms with Crippen molar-refractivity contribution < 1.29 is 9.53 Å². The summed E-state index contributed by atoms with van der Waals surface area (Å²) in [6, 6.07) is 3.87. The normalized spacial score (nSPS) is 9.83. The van der Waals surface area contributed by atoms with E-state index < -0.39 is 0 Å². The van der Waals surface area contributed by atoms with E-state index in [-0.39, 0.29) is 5.97 Å². The number of carbonyl (C=O) groups excluding carboxylic acids is 1. The third-order valence-corrected chi connectivity index (χ3v) is 1.66. The lowest BCUT2D eigenvalue weighted by Gasteiger charge is -2.04. The van der Waals surface area contributed by atoms with Gasteiger partial charge in [0.15, 0.2) is 0 Å². The third-order valence-electron chi connectivity index (χ3n) is 1.66. The lowest BCUT2D eigenvalue weighted by Crippen LogP contribution is -2.13. The Kier molecular flexibility index (Phi) is 2.91. The van der Waals surface area contributed by atoms with Gasteiger partial charge in [0.05, 0.1) is 6.61 Å². The summed E-state index contributed by atoms with van der Waals surface area (Å²) < 4.78 is 6.67. The molecular formula is C9H13NO2. The van der Waals surface area contributed by atoms with Crippen molar-refractivity contribution in [3.63, 3.8) is 0 Å². The SMILES string of the molecule is CCOC(=O)Cn1cccc1C. The molecule has 3 heteroatoms. The Bertz CT molecular complexity index is 265. The van der Waals surface area contributed by atoms with E-state index in [2.05, 4.69) is 0 Å². The molecular weight excluding hydrogens is 154 g/mol. The number of aryl methyl sites for hydroxylation is 1. The second-order valence-corrected chi connectivity index (χ2v) is 2.58. The first-order chi connectivity index (χ1) is 5.74. The summed E-state index contributed by atoms with van der Waals surface area (Å²) in [7, 11) is 0. The van der Waals surface area contributed by atoms with Crippen molar-refractivity contribution in [1.82, 2.24) is 4.57 Å². The highest BCUT2D eigenvalue weighted by molar-refractivity contribution is 5.69. The average Bonchev–Trinajstić information content (AvgIpc) is 2.37. The fourth-order valence-corrected chi connectivity index (χ4v) is 1.02. The minimum Gasteiger partial charge on any atom is -0.465 e. The van der Waals surface area contributed by atoms with Crippen LogP contribution in [0.25, 0.3) is 0 Å². The van der Waals surface area contributed by atoms with Crippen LogP contribution in [0.15, 0.2) is 18.3 Å². The summed E-state index contributed by atoms with van der Waals surface area (Å²) in [5, 5.41) is 0. The highest BCUT2D eigenvalue weighted by Gasteiger charge is 2.03. The molecule has 0 amide bonds. The van der Waals surface area contributed by atoms with Crippen molar-refractivity contribution in [1.29, 1.82) is 0 Å². The summed E-state index contributed by atoms with van der Waals surface area (Å²) in [4.78, 5) is 11.0. The topological polar surface area (TPSA) is 31.2 Å². The van der Waals surface area contributed by atoms with Crippen molar-refractivity contribution >= 4 is 5.97 Å². The second-order valence-electron chi connectivity index (χ2n) is 2.58. The molecule has 0 saturated carbocycles. The zero-order valence-corrected chi connectivity index (χ0v) is 7.41. The molecule has 0 atom stereocenters. The predicted molar refractivity (Wildman–Crippen MR) is 45.8 cm³/mol. The van der Waals surface area contributed by atoms with E-state index in [0.29, 0.717) is 13.2 Å². The van der Waals surface area contributed by atoms with Crippen LogP contribution in [-0.4, -0.2) is 17.1 Å². The first-order valence-electron chi connectivity index (χ1n) is 4.01. The van der Waals surface area contributed by atoms with Gasteiger partial charge in [-0.2, -0.15) is 0 Å². The Morgan fingerprint density at radius 3 is 2.92 bits per heavy atom. The van der Waals surface area contributed by atoms with E-state index in [0.717, 1.165) is 5.69 Å². The largest absolute Gasteiger partial charge is 0.465 e. The van der Waals surface area contributed by atoms with Gasteiger partial charge in [-0.15, -0.1) is 0 Å². The Labute approximate surface area is 72.0 Å². The minimum atomic E-state index is -0.184. The molecule has 0 aliphatic carbocycles. The van der Waals surface area contributed by atoms with Crippen molar-refractivity contribution in [3.05, 3.63) is 24.0 Å². The monoisotopic (exact) mass is 167 g/mol. The highest BCUT2D eigenvalue weighted by atomic mass is 16.5. The van der Waals surface area contributed by atoms with Crippen LogP contribution in [0, 0.1) is 6.92 Å². The predicted octanol–water partition coefficient (Wildman–Crippen LogP) is 1.36. The van der Waals surface area contributed by atoms with Gasteiger partial charge in [0.1, 0.15) is 6.54 Å². The summed E-state index contributed by atoms with van der Waals surface area (Å²) in [5.41, 5.74) is 1.07. The van der Waals surface area contributed by atoms with Gasteiger partial charge in [-0.25, -0.2) is 0 Å². The molecule has 1 aromatic rings. The molecule has 12 heavy (non-hydrogen) atoms. The van der Waals surface area contributed by atoms with Crippen molar-refractivity contribution in [2.24, 2.45) is 0 Å². The van der Waals surface area contributed by atoms with Gasteiger partial charge in [0, 0.05) is 11.9 Å². The van der Waals surface area contributed by atoms with Crippen LogP contribution in [0.1, 0.15) is 12.6 Å². The van der Waals surface area contributed by atoms with E-state index in [4.69, 9.17) is 4.74 Å². The fraction of sp³-hybridized carbons (Fsp3) is 0.444. The van der Waals surface area contributed by atoms with E-state index in [1.165, 1.54) is 0 Å². The van der Waals surface area contributed by atoms with Gasteiger partial charge < -0.3 is 9.30 Å². The molecule has 0 aliphatic rings. The van der Waals surface area contributed by atoms with Crippen LogP contribution in [0.5, 0.6) is 0 Å². The molecule has 66 valence electrons. The number of carbonyl (C=O) groups is 1. The molecule has 0 aromatic carbocycles. The number of nitrogens with zero attached hydrogens (tertiary/aromatic N) is 1. The van der Waals surface area contributed by atoms with Gasteiger partial charge in [-0.3, -0.25) is 4.79 Å². The maximum absolute atomic E-state index is 11.0. The van der Waals surface area contributed by atoms with Gasteiger partial charge in [0.25, 0.3) is 0 Å². The number of ether oxygens (including phenoxy) is 1. The molecule has 0 radical (unpaired) electrons. The lowest BCUT2D eigenvalue weighted by atomic mass is 10.5. The zero-order valence-electron chi connectivity index (χ0n) is 7.41. The minimum absolute atomic E-state index is 0.184. The summed E-state index contributed by atoms with van der Waals surface area (Å²) in [6.45, 7) is 4.52. The standard InChI is InChI=1S/C9H13NO2/c1-3-12-9(11)7-10-6-4-5-8(10)2/h4-6H,3,7H2,1-2H3. The zero-order chi connectivity index (χ0) is 8.97. The van der Waals surface area contributed by atoms with Crippen LogP contribution >= 0.6 is 0 Å². The van der Waals surface area contributed by atoms with Crippen molar-refractivity contribution in [2.75, 3.05) is 6.61 Å². The Morgan fingerprint density at radius 2 is 2.42 bits per heavy atom. The summed E-state index contributed by atoms with van der Waals surface area (Å²) in [5.74, 6) is -0.184. The molecule has 1 heterocycles. The lowest BCUT2D eigenvalue weighted by molar-refractivity contribution is -0.143. The highest BCUT2D eigenvalue weighted by Crippen LogP contribution is 1.99. The molecule has 0 unspecified atom stereocenters. The van der Waals surface area contributed by atoms with E-state index in [1.54, 1.807) is 6.92 Å². The van der Waals surface area contributed by atoms with Gasteiger partial charge in [0.2, 0.25) is 0 Å². The van der Waals surface area contributed by atoms with Gasteiger partial charge in [-0.05, 0) is 26.0 Å². The number of hydrogen-bond donors (Lipinski definition) is 0. The molecule has 1 aromatic heterocycles. The van der Waals surface area contributed by atoms with E-state index in [9.17, 15) is 4.79 Å². The maximum atomic E-state index is 11.0. The smallest absolute Gasteiger partial charge is 0.325 e. The second kappa shape index (κ2) is 3.95. The third kappa shape index (κ3) is 2.12. The first-order valence-corrected chi connectivity index (χ1v) is 4.01. The molecule has 0 spiro atoms. The molecule has 0 bridgehead atoms. The maximum Gasteiger partial charge on any atom is 0.325 e. The first kappa shape index (κ1) is 8.84. The number of esters is 1. The number of hydrogen-bond acceptors (Lipinski definition) is 2. The van der Waals surface area contributed by atoms with Crippen LogP contribution in [-0.2, 0) is 16.1 Å². The fourth-order valence-electron chi connectivity index (χ4n) is 1.02. The van der Waals surface area contributed by atoms with Crippen LogP contribution in [0.4, 0.5) is 0 Å². The Morgan fingerprint density at radius 1 is 1.67 bits per heavy atom. The van der Waals surface area contributed by atoms with Gasteiger partial charge in [-0.1, -0.05) is 0 Å². The Balaban J connectivity index is 2.52. The van der Waals surface area contributed by atoms with Crippen LogP contribution in [0.2, 0.25) is 0 Å². The van der Waals surface area contributed by atoms with Gasteiger partial charge >= 0.3 is 5.97 Å². The summed E-state index contributed by atoms with van der Waals surface area (Å²) in [6.07, 6.45) is 1.87. The molecule has 0 aliphatic heterocycles. The van der Waals surface area contributed by atoms with E-state index in [1.807, 2.05) is 29.8 Å². The van der Waals surface area contributed by atoms with E-state index >= 15 is 0 Å². The van der Waals surface area contributed by atoms with Crippen LogP contribution in [0.3, 0.4) is 0 Å². The quantitative estimate of drug-likeness (QED) is 0.636. The average molecular weight is 167 g/mol. The van der Waals surface area contributed by atoms with Crippen molar-refractivity contribution in [2.45, 2.75) is 20.4 Å². The summed E-state index contributed by atoms with van der Waals surface area (Å²) >= 11 is 0. The van der Waals surface area contributed by atoms with Crippen molar-refractivity contribution in [3.8, 4) is 0 Å². The molecule has 0 N–H and O–H groups in total. The Hall–Kier alpha value is -1.25. The van der Waals surface area contributed by atoms with Crippen LogP contribution < -0.4 is 0 Å². The number of rotatable bonds is 3. The molecule has 0 saturated heterocycles. The molecule has 1 rings (SSSR count).